The number of carbonyl (C=O) groups excluding carboxylic acids is 1. The number of carbonyl (C=O) groups is 1. The van der Waals surface area contributed by atoms with Crippen LogP contribution in [0.25, 0.3) is 11.2 Å². The minimum atomic E-state index is -1.54. The molecule has 0 radical (unpaired) electrons. The summed E-state index contributed by atoms with van der Waals surface area (Å²) in [4.78, 5) is 32.3. The molecule has 0 saturated carbocycles. The number of anilines is 1. The van der Waals surface area contributed by atoms with Crippen molar-refractivity contribution < 1.29 is 18.5 Å². The predicted octanol–water partition coefficient (Wildman–Crippen LogP) is 2.40. The lowest BCUT2D eigenvalue weighted by molar-refractivity contribution is -0.387. The summed E-state index contributed by atoms with van der Waals surface area (Å²) in [6.07, 6.45) is 2.65. The first-order valence-corrected chi connectivity index (χ1v) is 6.20. The zero-order valence-corrected chi connectivity index (χ0v) is 11.2. The summed E-state index contributed by atoms with van der Waals surface area (Å²) in [5, 5.41) is 12.9. The van der Waals surface area contributed by atoms with Crippen molar-refractivity contribution >= 4 is 28.4 Å². The van der Waals surface area contributed by atoms with Crippen molar-refractivity contribution in [2.75, 3.05) is 5.32 Å². The predicted molar refractivity (Wildman–Crippen MR) is 74.9 cm³/mol. The fraction of sp³-hybridized carbons (Fsp3) is 0. The number of benzene rings is 1. The number of pyridine rings is 1. The van der Waals surface area contributed by atoms with Crippen LogP contribution in [-0.4, -0.2) is 25.8 Å². The van der Waals surface area contributed by atoms with E-state index in [2.05, 4.69) is 20.3 Å². The van der Waals surface area contributed by atoms with Gasteiger partial charge in [0.2, 0.25) is 5.82 Å². The summed E-state index contributed by atoms with van der Waals surface area (Å²) >= 11 is 0. The topological polar surface area (TPSA) is 114 Å². The Balaban J connectivity index is 1.96. The van der Waals surface area contributed by atoms with E-state index in [0.29, 0.717) is 23.3 Å². The maximum absolute atomic E-state index is 14.0. The molecule has 1 aromatic carbocycles. The van der Waals surface area contributed by atoms with Crippen LogP contribution in [0.2, 0.25) is 0 Å². The molecule has 0 fully saturated rings. The van der Waals surface area contributed by atoms with Crippen molar-refractivity contribution in [1.29, 1.82) is 0 Å². The highest BCUT2D eigenvalue weighted by Gasteiger charge is 2.26. The van der Waals surface area contributed by atoms with E-state index >= 15 is 0 Å². The molecule has 0 aliphatic rings. The van der Waals surface area contributed by atoms with E-state index in [1.165, 1.54) is 18.6 Å². The number of amides is 1. The van der Waals surface area contributed by atoms with Crippen molar-refractivity contribution in [3.05, 3.63) is 58.0 Å². The van der Waals surface area contributed by atoms with Crippen LogP contribution in [0.5, 0.6) is 0 Å². The van der Waals surface area contributed by atoms with Crippen LogP contribution in [0, 0.1) is 21.7 Å². The van der Waals surface area contributed by atoms with Crippen molar-refractivity contribution in [3.63, 3.8) is 0 Å². The number of rotatable bonds is 3. The number of nitrogens with zero attached hydrogens (tertiary/aromatic N) is 3. The number of aromatic nitrogens is 3. The Labute approximate surface area is 126 Å². The van der Waals surface area contributed by atoms with Gasteiger partial charge in [-0.1, -0.05) is 0 Å². The molecular formula is C13H7F2N5O3. The molecule has 0 bridgehead atoms. The Hall–Kier alpha value is -3.43. The minimum absolute atomic E-state index is 0.139. The molecule has 10 heteroatoms. The van der Waals surface area contributed by atoms with E-state index < -0.39 is 33.7 Å². The fourth-order valence-corrected chi connectivity index (χ4v) is 1.98. The van der Waals surface area contributed by atoms with Gasteiger partial charge in [-0.2, -0.15) is 4.39 Å². The van der Waals surface area contributed by atoms with Crippen molar-refractivity contribution in [2.24, 2.45) is 0 Å². The fourth-order valence-electron chi connectivity index (χ4n) is 1.98. The standard InChI is InChI=1S/C13H7F2N5O3/c14-7-1-2-9(20(22)23)11(15)10(7)13(21)19-6-3-8-12(16-4-6)18-5-17-8/h1-5H,(H,19,21)(H,16,17,18). The smallest absolute Gasteiger partial charge is 0.305 e. The lowest BCUT2D eigenvalue weighted by Gasteiger charge is -2.07. The lowest BCUT2D eigenvalue weighted by atomic mass is 10.1. The molecule has 0 aliphatic heterocycles. The second-order valence-corrected chi connectivity index (χ2v) is 4.46. The summed E-state index contributed by atoms with van der Waals surface area (Å²) in [7, 11) is 0. The first-order valence-electron chi connectivity index (χ1n) is 6.20. The third-order valence-electron chi connectivity index (χ3n) is 3.02. The molecule has 8 nitrogen and oxygen atoms in total. The van der Waals surface area contributed by atoms with Gasteiger partial charge in [-0.15, -0.1) is 0 Å². The maximum Gasteiger partial charge on any atom is 0.305 e. The number of nitro groups is 1. The summed E-state index contributed by atoms with van der Waals surface area (Å²) in [5.41, 5.74) is -0.989. The molecule has 0 saturated heterocycles. The van der Waals surface area contributed by atoms with Gasteiger partial charge in [0, 0.05) is 6.07 Å². The Morgan fingerprint density at radius 1 is 1.30 bits per heavy atom. The van der Waals surface area contributed by atoms with Gasteiger partial charge >= 0.3 is 5.69 Å². The number of hydrogen-bond donors (Lipinski definition) is 2. The average Bonchev–Trinajstić information content (AvgIpc) is 2.94. The van der Waals surface area contributed by atoms with Gasteiger partial charge in [-0.3, -0.25) is 14.9 Å². The van der Waals surface area contributed by atoms with Crippen LogP contribution in [0.1, 0.15) is 10.4 Å². The zero-order chi connectivity index (χ0) is 16.6. The summed E-state index contributed by atoms with van der Waals surface area (Å²) < 4.78 is 27.7. The monoisotopic (exact) mass is 319 g/mol. The highest BCUT2D eigenvalue weighted by Crippen LogP contribution is 2.24. The number of fused-ring (bicyclic) bond motifs is 1. The molecule has 2 heterocycles. The van der Waals surface area contributed by atoms with E-state index in [9.17, 15) is 23.7 Å². The van der Waals surface area contributed by atoms with Crippen LogP contribution >= 0.6 is 0 Å². The number of nitrogens with one attached hydrogen (secondary N) is 2. The van der Waals surface area contributed by atoms with Crippen LogP contribution in [0.4, 0.5) is 20.2 Å². The number of H-pyrrole nitrogens is 1. The average molecular weight is 319 g/mol. The second kappa shape index (κ2) is 5.40. The maximum atomic E-state index is 14.0. The van der Waals surface area contributed by atoms with Crippen LogP contribution in [0.15, 0.2) is 30.7 Å². The van der Waals surface area contributed by atoms with E-state index in [1.54, 1.807) is 0 Å². The largest absolute Gasteiger partial charge is 0.329 e. The molecule has 0 atom stereocenters. The Morgan fingerprint density at radius 3 is 2.83 bits per heavy atom. The third kappa shape index (κ3) is 2.57. The highest BCUT2D eigenvalue weighted by molar-refractivity contribution is 6.05. The van der Waals surface area contributed by atoms with E-state index in [1.807, 2.05) is 0 Å². The summed E-state index contributed by atoms with van der Waals surface area (Å²) in [5.74, 6) is -3.92. The summed E-state index contributed by atoms with van der Waals surface area (Å²) in [6.45, 7) is 0. The molecule has 0 spiro atoms. The lowest BCUT2D eigenvalue weighted by Crippen LogP contribution is -2.17. The number of nitro benzene ring substituents is 1. The molecular weight excluding hydrogens is 312 g/mol. The van der Waals surface area contributed by atoms with Crippen LogP contribution in [0.3, 0.4) is 0 Å². The molecule has 2 aromatic heterocycles. The minimum Gasteiger partial charge on any atom is -0.329 e. The number of imidazole rings is 1. The van der Waals surface area contributed by atoms with Gasteiger partial charge in [0.05, 0.1) is 23.1 Å². The molecule has 1 amide bonds. The van der Waals surface area contributed by atoms with E-state index in [0.717, 1.165) is 0 Å². The first-order chi connectivity index (χ1) is 11.0. The third-order valence-corrected chi connectivity index (χ3v) is 3.02. The molecule has 23 heavy (non-hydrogen) atoms. The highest BCUT2D eigenvalue weighted by atomic mass is 19.1. The van der Waals surface area contributed by atoms with Gasteiger partial charge in [-0.25, -0.2) is 14.4 Å². The van der Waals surface area contributed by atoms with E-state index in [4.69, 9.17) is 0 Å². The second-order valence-electron chi connectivity index (χ2n) is 4.46. The SMILES string of the molecule is O=C(Nc1cnc2[nH]cnc2c1)c1c(F)ccc([N+](=O)[O-])c1F. The van der Waals surface area contributed by atoms with Gasteiger partial charge in [-0.05, 0) is 12.1 Å². The number of hydrogen-bond acceptors (Lipinski definition) is 5. The first kappa shape index (κ1) is 14.5. The molecule has 3 aromatic rings. The molecule has 116 valence electrons. The Morgan fingerprint density at radius 2 is 2.09 bits per heavy atom. The van der Waals surface area contributed by atoms with Gasteiger partial charge < -0.3 is 10.3 Å². The van der Waals surface area contributed by atoms with Gasteiger partial charge in [0.15, 0.2) is 5.65 Å². The number of halogens is 2. The van der Waals surface area contributed by atoms with Crippen LogP contribution in [-0.2, 0) is 0 Å². The van der Waals surface area contributed by atoms with Crippen LogP contribution < -0.4 is 5.32 Å². The zero-order valence-electron chi connectivity index (χ0n) is 11.2. The van der Waals surface area contributed by atoms with Crippen molar-refractivity contribution in [1.82, 2.24) is 15.0 Å². The number of aromatic amines is 1. The summed E-state index contributed by atoms with van der Waals surface area (Å²) in [6, 6.07) is 2.74. The normalized spacial score (nSPS) is 10.7. The molecule has 0 aliphatic carbocycles. The van der Waals surface area contributed by atoms with Gasteiger partial charge in [0.25, 0.3) is 5.91 Å². The Kier molecular flexibility index (Phi) is 3.41. The molecule has 3 rings (SSSR count). The molecule has 0 unspecified atom stereocenters. The van der Waals surface area contributed by atoms with E-state index in [-0.39, 0.29) is 5.69 Å². The molecule has 2 N–H and O–H groups in total. The van der Waals surface area contributed by atoms with Crippen molar-refractivity contribution in [3.8, 4) is 0 Å². The van der Waals surface area contributed by atoms with Crippen molar-refractivity contribution in [2.45, 2.75) is 0 Å². The quantitative estimate of drug-likeness (QED) is 0.568. The Bertz CT molecular complexity index is 941. The van der Waals surface area contributed by atoms with Gasteiger partial charge in [0.1, 0.15) is 16.9 Å².